The number of H-pyrrole nitrogens is 1. The van der Waals surface area contributed by atoms with Crippen molar-refractivity contribution >= 4 is 22.7 Å². The van der Waals surface area contributed by atoms with Gasteiger partial charge in [-0.15, -0.1) is 0 Å². The number of unbranched alkanes of at least 4 members (excludes halogenated alkanes) is 1. The zero-order chi connectivity index (χ0) is 24.9. The fourth-order valence-corrected chi connectivity index (χ4v) is 4.89. The van der Waals surface area contributed by atoms with E-state index < -0.39 is 12.0 Å². The van der Waals surface area contributed by atoms with Crippen LogP contribution in [0.4, 0.5) is 0 Å². The molecule has 2 heterocycles. The van der Waals surface area contributed by atoms with Crippen LogP contribution in [-0.2, 0) is 16.1 Å². The summed E-state index contributed by atoms with van der Waals surface area (Å²) in [4.78, 5) is 50.0. The number of ether oxygens (including phenoxy) is 1. The van der Waals surface area contributed by atoms with E-state index in [0.29, 0.717) is 41.9 Å². The first kappa shape index (κ1) is 24.4. The van der Waals surface area contributed by atoms with Crippen LogP contribution < -0.4 is 10.3 Å². The van der Waals surface area contributed by atoms with E-state index in [1.165, 1.54) is 0 Å². The number of para-hydroxylation sites is 2. The molecule has 0 aliphatic carbocycles. The highest BCUT2D eigenvalue weighted by atomic mass is 16.5. The summed E-state index contributed by atoms with van der Waals surface area (Å²) >= 11 is 0. The quantitative estimate of drug-likeness (QED) is 0.535. The highest BCUT2D eigenvalue weighted by molar-refractivity contribution is 5.85. The average Bonchev–Trinajstić information content (AvgIpc) is 2.87. The first-order chi connectivity index (χ1) is 16.9. The topological polar surface area (TPSA) is 95.6 Å². The highest BCUT2D eigenvalue weighted by Crippen LogP contribution is 2.41. The number of piperidine rings is 1. The van der Waals surface area contributed by atoms with E-state index in [4.69, 9.17) is 4.74 Å². The van der Waals surface area contributed by atoms with Gasteiger partial charge < -0.3 is 19.5 Å². The van der Waals surface area contributed by atoms with Crippen LogP contribution in [0.15, 0.2) is 53.3 Å². The Hall–Kier alpha value is -3.68. The van der Waals surface area contributed by atoms with Gasteiger partial charge in [-0.05, 0) is 31.0 Å². The van der Waals surface area contributed by atoms with E-state index in [1.54, 1.807) is 37.3 Å². The fraction of sp³-hybridized carbons (Fsp3) is 0.407. The molecule has 1 aromatic heterocycles. The van der Waals surface area contributed by atoms with Crippen molar-refractivity contribution in [1.29, 1.82) is 0 Å². The van der Waals surface area contributed by atoms with Crippen LogP contribution >= 0.6 is 0 Å². The van der Waals surface area contributed by atoms with Gasteiger partial charge in [0.1, 0.15) is 11.6 Å². The molecule has 184 valence electrons. The molecule has 1 aliphatic heterocycles. The zero-order valence-corrected chi connectivity index (χ0v) is 20.5. The highest BCUT2D eigenvalue weighted by Gasteiger charge is 2.42. The smallest absolute Gasteiger partial charge is 0.258 e. The summed E-state index contributed by atoms with van der Waals surface area (Å²) in [5.41, 5.74) is 1.20. The summed E-state index contributed by atoms with van der Waals surface area (Å²) in [5.74, 6) is 0.619. The molecule has 0 radical (unpaired) electrons. The minimum absolute atomic E-state index is 0.0570. The van der Waals surface area contributed by atoms with Gasteiger partial charge in [-0.25, -0.2) is 4.98 Å². The number of carbonyl (C=O) groups excluding carboxylic acids is 2. The lowest BCUT2D eigenvalue weighted by Gasteiger charge is -2.42. The van der Waals surface area contributed by atoms with Gasteiger partial charge >= 0.3 is 0 Å². The number of amides is 2. The predicted octanol–water partition coefficient (Wildman–Crippen LogP) is 3.67. The molecule has 35 heavy (non-hydrogen) atoms. The van der Waals surface area contributed by atoms with Gasteiger partial charge in [0.2, 0.25) is 11.8 Å². The number of nitrogens with zero attached hydrogens (tertiary/aromatic N) is 3. The Kier molecular flexibility index (Phi) is 7.48. The largest absolute Gasteiger partial charge is 0.496 e. The second-order valence-electron chi connectivity index (χ2n) is 9.00. The average molecular weight is 477 g/mol. The summed E-state index contributed by atoms with van der Waals surface area (Å²) in [6, 6.07) is 14.3. The van der Waals surface area contributed by atoms with E-state index >= 15 is 0 Å². The number of fused-ring (bicyclic) bond motifs is 1. The number of rotatable bonds is 8. The number of aromatic nitrogens is 2. The van der Waals surface area contributed by atoms with Gasteiger partial charge in [-0.1, -0.05) is 43.7 Å². The first-order valence-corrected chi connectivity index (χ1v) is 12.1. The molecule has 8 nitrogen and oxygen atoms in total. The molecule has 0 bridgehead atoms. The van der Waals surface area contributed by atoms with Crippen molar-refractivity contribution < 1.29 is 14.3 Å². The number of aromatic amines is 1. The van der Waals surface area contributed by atoms with Crippen molar-refractivity contribution in [2.75, 3.05) is 20.7 Å². The van der Waals surface area contributed by atoms with E-state index in [-0.39, 0.29) is 23.9 Å². The minimum atomic E-state index is -0.432. The van der Waals surface area contributed by atoms with Crippen molar-refractivity contribution in [2.45, 2.75) is 45.2 Å². The van der Waals surface area contributed by atoms with E-state index in [1.807, 2.05) is 35.2 Å². The van der Waals surface area contributed by atoms with Crippen LogP contribution in [0.5, 0.6) is 5.75 Å². The Bertz CT molecular complexity index is 1270. The van der Waals surface area contributed by atoms with Gasteiger partial charge in [0, 0.05) is 25.6 Å². The fourth-order valence-electron chi connectivity index (χ4n) is 4.89. The Labute approximate surface area is 204 Å². The predicted molar refractivity (Wildman–Crippen MR) is 134 cm³/mol. The maximum atomic E-state index is 13.8. The molecule has 2 amide bonds. The minimum Gasteiger partial charge on any atom is -0.496 e. The molecule has 1 aliphatic rings. The molecule has 1 N–H and O–H groups in total. The number of hydrogen-bond donors (Lipinski definition) is 1. The van der Waals surface area contributed by atoms with Gasteiger partial charge in [0.05, 0.1) is 36.5 Å². The van der Waals surface area contributed by atoms with Crippen molar-refractivity contribution in [3.63, 3.8) is 0 Å². The van der Waals surface area contributed by atoms with Crippen molar-refractivity contribution in [1.82, 2.24) is 19.8 Å². The summed E-state index contributed by atoms with van der Waals surface area (Å²) in [6.45, 7) is 2.84. The molecule has 3 aromatic rings. The number of carbonyl (C=O) groups is 2. The number of nitrogens with one attached hydrogen (secondary N) is 1. The number of benzene rings is 2. The molecule has 0 saturated carbocycles. The van der Waals surface area contributed by atoms with Gasteiger partial charge in [0.25, 0.3) is 5.56 Å². The summed E-state index contributed by atoms with van der Waals surface area (Å²) in [5, 5.41) is 0.513. The van der Waals surface area contributed by atoms with E-state index in [0.717, 1.165) is 18.4 Å². The maximum absolute atomic E-state index is 13.8. The Morgan fingerprint density at radius 3 is 2.69 bits per heavy atom. The molecule has 0 spiro atoms. The Morgan fingerprint density at radius 2 is 1.91 bits per heavy atom. The zero-order valence-electron chi connectivity index (χ0n) is 20.5. The Morgan fingerprint density at radius 1 is 1.17 bits per heavy atom. The third-order valence-corrected chi connectivity index (χ3v) is 6.66. The summed E-state index contributed by atoms with van der Waals surface area (Å²) in [7, 11) is 3.31. The van der Waals surface area contributed by atoms with Gasteiger partial charge in [-0.2, -0.15) is 0 Å². The molecule has 1 saturated heterocycles. The summed E-state index contributed by atoms with van der Waals surface area (Å²) < 4.78 is 5.61. The molecular formula is C27H32N4O4. The molecule has 2 aromatic carbocycles. The molecule has 4 rings (SSSR count). The second-order valence-corrected chi connectivity index (χ2v) is 9.00. The lowest BCUT2D eigenvalue weighted by molar-refractivity contribution is -0.147. The number of likely N-dealkylation sites (tertiary alicyclic amines) is 1. The van der Waals surface area contributed by atoms with Crippen LogP contribution in [0.2, 0.25) is 0 Å². The van der Waals surface area contributed by atoms with Crippen LogP contribution in [0.1, 0.15) is 50.0 Å². The molecule has 1 fully saturated rings. The standard InChI is InChI=1S/C27H32N4O4/c1-4-5-16-31-24(32)15-14-20(25(31)19-11-7-9-13-22(19)35-3)27(34)30(2)17-23-28-21-12-8-6-10-18(21)26(33)29-23/h6-13,20,25H,4-5,14-17H2,1-3H3,(H,28,29,33). The molecular weight excluding hydrogens is 444 g/mol. The van der Waals surface area contributed by atoms with Crippen molar-refractivity contribution in [2.24, 2.45) is 5.92 Å². The van der Waals surface area contributed by atoms with Crippen LogP contribution in [0.25, 0.3) is 10.9 Å². The van der Waals surface area contributed by atoms with Crippen molar-refractivity contribution in [3.8, 4) is 5.75 Å². The van der Waals surface area contributed by atoms with Crippen LogP contribution in [-0.4, -0.2) is 52.3 Å². The van der Waals surface area contributed by atoms with Crippen LogP contribution in [0.3, 0.4) is 0 Å². The third kappa shape index (κ3) is 5.06. The van der Waals surface area contributed by atoms with E-state index in [2.05, 4.69) is 16.9 Å². The van der Waals surface area contributed by atoms with Crippen LogP contribution in [0, 0.1) is 5.92 Å². The Balaban J connectivity index is 1.65. The lowest BCUT2D eigenvalue weighted by Crippen LogP contribution is -2.48. The normalized spacial score (nSPS) is 18.0. The van der Waals surface area contributed by atoms with Crippen molar-refractivity contribution in [3.05, 3.63) is 70.3 Å². The maximum Gasteiger partial charge on any atom is 0.258 e. The van der Waals surface area contributed by atoms with Gasteiger partial charge in [0.15, 0.2) is 0 Å². The second kappa shape index (κ2) is 10.7. The molecule has 2 atom stereocenters. The first-order valence-electron chi connectivity index (χ1n) is 12.1. The SMILES string of the molecule is CCCCN1C(=O)CCC(C(=O)N(C)Cc2nc3ccccc3c(=O)[nH]2)C1c1ccccc1OC. The monoisotopic (exact) mass is 476 g/mol. The summed E-state index contributed by atoms with van der Waals surface area (Å²) in [6.07, 6.45) is 2.58. The third-order valence-electron chi connectivity index (χ3n) is 6.66. The number of methoxy groups -OCH3 is 1. The number of hydrogen-bond acceptors (Lipinski definition) is 5. The lowest BCUT2D eigenvalue weighted by atomic mass is 9.82. The molecule has 8 heteroatoms. The molecule has 2 unspecified atom stereocenters. The van der Waals surface area contributed by atoms with Gasteiger partial charge in [-0.3, -0.25) is 14.4 Å². The van der Waals surface area contributed by atoms with E-state index in [9.17, 15) is 14.4 Å².